The Hall–Kier alpha value is -1.78. The number of nitrogens with two attached hydrogens (primary N) is 2. The number of ketones is 1. The molecule has 4 N–H and O–H groups in total. The monoisotopic (exact) mass is 250 g/mol. The summed E-state index contributed by atoms with van der Waals surface area (Å²) in [6, 6.07) is 0. The molecular formula is C13H18N2O3. The number of allylic oxidation sites excluding steroid dienone is 2. The van der Waals surface area contributed by atoms with Crippen LogP contribution in [0.25, 0.3) is 0 Å². The fourth-order valence-electron chi connectivity index (χ4n) is 2.73. The first-order valence-electron chi connectivity index (χ1n) is 5.96. The summed E-state index contributed by atoms with van der Waals surface area (Å²) in [5.74, 6) is -0.385. The number of rotatable bonds is 1. The van der Waals surface area contributed by atoms with Crippen LogP contribution in [0.15, 0.2) is 22.8 Å². The van der Waals surface area contributed by atoms with E-state index in [-0.39, 0.29) is 28.6 Å². The fraction of sp³-hybridized carbons (Fsp3) is 0.538. The second-order valence-electron chi connectivity index (χ2n) is 5.74. The molecule has 0 saturated carbocycles. The summed E-state index contributed by atoms with van der Waals surface area (Å²) in [6.45, 7) is 5.78. The summed E-state index contributed by atoms with van der Waals surface area (Å²) in [5, 5.41) is 0. The third-order valence-electron chi connectivity index (χ3n) is 3.51. The zero-order chi connectivity index (χ0) is 13.7. The van der Waals surface area contributed by atoms with Crippen molar-refractivity contribution in [2.45, 2.75) is 33.6 Å². The summed E-state index contributed by atoms with van der Waals surface area (Å²) >= 11 is 0. The van der Waals surface area contributed by atoms with Crippen molar-refractivity contribution in [3.63, 3.8) is 0 Å². The molecule has 1 aliphatic carbocycles. The Kier molecular flexibility index (Phi) is 2.72. The van der Waals surface area contributed by atoms with Crippen LogP contribution in [0.5, 0.6) is 0 Å². The molecule has 18 heavy (non-hydrogen) atoms. The lowest BCUT2D eigenvalue weighted by atomic mass is 9.72. The summed E-state index contributed by atoms with van der Waals surface area (Å²) in [6.07, 6.45) is 1.09. The van der Waals surface area contributed by atoms with E-state index in [1.807, 2.05) is 13.8 Å². The van der Waals surface area contributed by atoms with Crippen LogP contribution in [0.2, 0.25) is 0 Å². The number of Topliss-reactive ketones (excluding diaryl/α,β-unsaturated/α-hetero) is 1. The molecule has 1 heterocycles. The number of carbonyl (C=O) groups excluding carboxylic acids is 2. The average Bonchev–Trinajstić information content (AvgIpc) is 2.11. The van der Waals surface area contributed by atoms with Crippen LogP contribution >= 0.6 is 0 Å². The Morgan fingerprint density at radius 3 is 2.56 bits per heavy atom. The van der Waals surface area contributed by atoms with Crippen LogP contribution in [0, 0.1) is 11.3 Å². The Bertz CT molecular complexity index is 500. The van der Waals surface area contributed by atoms with Crippen molar-refractivity contribution < 1.29 is 14.3 Å². The highest BCUT2D eigenvalue weighted by Crippen LogP contribution is 2.44. The molecule has 0 fully saturated rings. The van der Waals surface area contributed by atoms with Crippen LogP contribution in [0.3, 0.4) is 0 Å². The lowest BCUT2D eigenvalue weighted by Gasteiger charge is -2.36. The van der Waals surface area contributed by atoms with Crippen LogP contribution in [-0.4, -0.2) is 11.7 Å². The zero-order valence-electron chi connectivity index (χ0n) is 10.9. The van der Waals surface area contributed by atoms with E-state index in [4.69, 9.17) is 16.2 Å². The first-order chi connectivity index (χ1) is 8.23. The number of primary amides is 1. The third-order valence-corrected chi connectivity index (χ3v) is 3.51. The largest absolute Gasteiger partial charge is 0.445 e. The Morgan fingerprint density at radius 2 is 2.00 bits per heavy atom. The topological polar surface area (TPSA) is 95.4 Å². The molecule has 0 radical (unpaired) electrons. The lowest BCUT2D eigenvalue weighted by Crippen LogP contribution is -2.36. The first kappa shape index (κ1) is 12.7. The highest BCUT2D eigenvalue weighted by atomic mass is 16.5. The standard InChI is InChI=1S/C13H18N2O3/c1-6-9-7(16)4-13(2,3)5-8(9)18-12(15)10(6)11(14)17/h6H,4-5,15H2,1-3H3,(H2,14,17). The summed E-state index contributed by atoms with van der Waals surface area (Å²) < 4.78 is 5.46. The molecule has 2 rings (SSSR count). The first-order valence-corrected chi connectivity index (χ1v) is 5.96. The van der Waals surface area contributed by atoms with Gasteiger partial charge in [-0.05, 0) is 5.41 Å². The van der Waals surface area contributed by atoms with E-state index in [0.717, 1.165) is 0 Å². The predicted molar refractivity (Wildman–Crippen MR) is 65.7 cm³/mol. The van der Waals surface area contributed by atoms with E-state index >= 15 is 0 Å². The van der Waals surface area contributed by atoms with Crippen molar-refractivity contribution in [1.82, 2.24) is 0 Å². The van der Waals surface area contributed by atoms with Crippen LogP contribution in [-0.2, 0) is 14.3 Å². The van der Waals surface area contributed by atoms with Crippen LogP contribution < -0.4 is 11.5 Å². The molecular weight excluding hydrogens is 232 g/mol. The zero-order valence-corrected chi connectivity index (χ0v) is 10.9. The van der Waals surface area contributed by atoms with Gasteiger partial charge in [0.15, 0.2) is 11.7 Å². The molecule has 0 saturated heterocycles. The molecule has 2 aliphatic rings. The smallest absolute Gasteiger partial charge is 0.250 e. The van der Waals surface area contributed by atoms with E-state index < -0.39 is 5.91 Å². The summed E-state index contributed by atoms with van der Waals surface area (Å²) in [4.78, 5) is 23.5. The Labute approximate surface area is 106 Å². The van der Waals surface area contributed by atoms with Gasteiger partial charge in [0.1, 0.15) is 5.76 Å². The second-order valence-corrected chi connectivity index (χ2v) is 5.74. The minimum absolute atomic E-state index is 0.0139. The van der Waals surface area contributed by atoms with Gasteiger partial charge in [0.05, 0.1) is 5.57 Å². The van der Waals surface area contributed by atoms with Gasteiger partial charge in [0.2, 0.25) is 0 Å². The molecule has 1 amide bonds. The van der Waals surface area contributed by atoms with Crippen LogP contribution in [0.4, 0.5) is 0 Å². The van der Waals surface area contributed by atoms with Gasteiger partial charge in [-0.1, -0.05) is 20.8 Å². The quantitative estimate of drug-likeness (QED) is 0.724. The summed E-state index contributed by atoms with van der Waals surface area (Å²) in [7, 11) is 0. The molecule has 5 heteroatoms. The van der Waals surface area contributed by atoms with Crippen molar-refractivity contribution in [2.75, 3.05) is 0 Å². The maximum atomic E-state index is 12.2. The van der Waals surface area contributed by atoms with Gasteiger partial charge < -0.3 is 16.2 Å². The number of amides is 1. The SMILES string of the molecule is CC1C(C(N)=O)=C(N)OC2=C1C(=O)CC(C)(C)C2. The van der Waals surface area contributed by atoms with E-state index in [9.17, 15) is 9.59 Å². The molecule has 0 aromatic carbocycles. The molecule has 0 bridgehead atoms. The molecule has 0 spiro atoms. The lowest BCUT2D eigenvalue weighted by molar-refractivity contribution is -0.119. The molecule has 0 aromatic heterocycles. The number of carbonyl (C=O) groups is 2. The number of hydrogen-bond donors (Lipinski definition) is 2. The molecule has 5 nitrogen and oxygen atoms in total. The average molecular weight is 250 g/mol. The Morgan fingerprint density at radius 1 is 1.39 bits per heavy atom. The van der Waals surface area contributed by atoms with Crippen LogP contribution in [0.1, 0.15) is 33.6 Å². The van der Waals surface area contributed by atoms with E-state index in [1.54, 1.807) is 6.92 Å². The van der Waals surface area contributed by atoms with Crippen molar-refractivity contribution in [1.29, 1.82) is 0 Å². The number of ether oxygens (including phenoxy) is 1. The molecule has 0 aromatic rings. The van der Waals surface area contributed by atoms with Gasteiger partial charge in [-0.25, -0.2) is 0 Å². The minimum Gasteiger partial charge on any atom is -0.445 e. The highest BCUT2D eigenvalue weighted by molar-refractivity contribution is 6.02. The van der Waals surface area contributed by atoms with Gasteiger partial charge in [-0.15, -0.1) is 0 Å². The van der Waals surface area contributed by atoms with Gasteiger partial charge in [-0.2, -0.15) is 0 Å². The van der Waals surface area contributed by atoms with Gasteiger partial charge in [0, 0.05) is 24.3 Å². The fourth-order valence-corrected chi connectivity index (χ4v) is 2.73. The maximum Gasteiger partial charge on any atom is 0.250 e. The van der Waals surface area contributed by atoms with E-state index in [1.165, 1.54) is 0 Å². The highest BCUT2D eigenvalue weighted by Gasteiger charge is 2.41. The second kappa shape index (κ2) is 3.86. The molecule has 98 valence electrons. The predicted octanol–water partition coefficient (Wildman–Crippen LogP) is 0.951. The number of hydrogen-bond acceptors (Lipinski definition) is 4. The normalized spacial score (nSPS) is 26.8. The Balaban J connectivity index is 2.46. The van der Waals surface area contributed by atoms with Gasteiger partial charge in [0.25, 0.3) is 5.91 Å². The van der Waals surface area contributed by atoms with Gasteiger partial charge in [-0.3, -0.25) is 9.59 Å². The molecule has 1 atom stereocenters. The summed E-state index contributed by atoms with van der Waals surface area (Å²) in [5.41, 5.74) is 11.6. The van der Waals surface area contributed by atoms with E-state index in [0.29, 0.717) is 24.2 Å². The maximum absolute atomic E-state index is 12.2. The van der Waals surface area contributed by atoms with Crippen molar-refractivity contribution in [3.05, 3.63) is 22.8 Å². The van der Waals surface area contributed by atoms with E-state index in [2.05, 4.69) is 0 Å². The van der Waals surface area contributed by atoms with Crippen molar-refractivity contribution in [2.24, 2.45) is 22.8 Å². The van der Waals surface area contributed by atoms with Gasteiger partial charge >= 0.3 is 0 Å². The van der Waals surface area contributed by atoms with Crippen molar-refractivity contribution >= 4 is 11.7 Å². The third kappa shape index (κ3) is 1.89. The molecule has 1 unspecified atom stereocenters. The van der Waals surface area contributed by atoms with Crippen molar-refractivity contribution in [3.8, 4) is 0 Å². The molecule has 1 aliphatic heterocycles. The minimum atomic E-state index is -0.635.